The molecule has 1 aromatic heterocycles. The maximum absolute atomic E-state index is 14.3. The molecule has 0 saturated heterocycles. The van der Waals surface area contributed by atoms with Crippen molar-refractivity contribution in [3.8, 4) is 11.3 Å². The number of rotatable bonds is 9. The van der Waals surface area contributed by atoms with E-state index in [0.717, 1.165) is 57.6 Å². The van der Waals surface area contributed by atoms with E-state index in [0.29, 0.717) is 5.56 Å². The second-order valence-electron chi connectivity index (χ2n) is 11.6. The van der Waals surface area contributed by atoms with E-state index in [1.165, 1.54) is 0 Å². The van der Waals surface area contributed by atoms with Gasteiger partial charge in [0.05, 0.1) is 16.6 Å². The van der Waals surface area contributed by atoms with Gasteiger partial charge in [-0.2, -0.15) is 0 Å². The zero-order chi connectivity index (χ0) is 31.9. The average molecular weight is 625 g/mol. The summed E-state index contributed by atoms with van der Waals surface area (Å²) in [7, 11) is -2.22. The van der Waals surface area contributed by atoms with Crippen LogP contribution in [0.2, 0.25) is 0 Å². The molecule has 1 aliphatic heterocycles. The lowest BCUT2D eigenvalue weighted by atomic mass is 9.91. The molecule has 0 aliphatic carbocycles. The average Bonchev–Trinajstić information content (AvgIpc) is 3.49. The molecule has 2 amide bonds. The fraction of sp³-hybridized carbons (Fsp3) is 0.200. The fourth-order valence-electron chi connectivity index (χ4n) is 6.26. The van der Waals surface area contributed by atoms with Crippen LogP contribution in [0.25, 0.3) is 22.2 Å². The van der Waals surface area contributed by atoms with Gasteiger partial charge in [0.25, 0.3) is 21.8 Å². The van der Waals surface area contributed by atoms with Crippen LogP contribution in [0.3, 0.4) is 0 Å². The normalized spacial score (nSPS) is 15.4. The molecular formula is C35H33FN4O4S. The zero-order valence-electron chi connectivity index (χ0n) is 25.1. The lowest BCUT2D eigenvalue weighted by molar-refractivity contribution is -0.127. The molecule has 6 rings (SSSR count). The smallest absolute Gasteiger partial charge is 0.257 e. The van der Waals surface area contributed by atoms with E-state index in [9.17, 15) is 22.4 Å². The quantitative estimate of drug-likeness (QED) is 0.198. The molecule has 0 spiro atoms. The molecule has 2 N–H and O–H groups in total. The highest BCUT2D eigenvalue weighted by Crippen LogP contribution is 2.47. The van der Waals surface area contributed by atoms with Crippen LogP contribution in [0.4, 0.5) is 4.39 Å². The van der Waals surface area contributed by atoms with Crippen LogP contribution in [0.15, 0.2) is 108 Å². The number of fused-ring (bicyclic) bond motifs is 2. The third-order valence-electron chi connectivity index (χ3n) is 8.23. The van der Waals surface area contributed by atoms with Crippen molar-refractivity contribution in [2.24, 2.45) is 13.0 Å². The van der Waals surface area contributed by atoms with Gasteiger partial charge in [-0.05, 0) is 59.9 Å². The van der Waals surface area contributed by atoms with Crippen molar-refractivity contribution >= 4 is 32.7 Å². The molecule has 45 heavy (non-hydrogen) atoms. The predicted molar refractivity (Wildman–Crippen MR) is 171 cm³/mol. The molecule has 5 aromatic rings. The van der Waals surface area contributed by atoms with E-state index < -0.39 is 33.8 Å². The Hall–Kier alpha value is -4.80. The Labute approximate surface area is 261 Å². The number of hydrazine groups is 1. The summed E-state index contributed by atoms with van der Waals surface area (Å²) in [4.78, 5) is 31.8. The maximum atomic E-state index is 14.3. The number of amides is 2. The SMILES string of the molecule is CC(C)CC(C(=O)NNS(=O)(=O)c1ccc(F)cc1)N1C(=O)c2ccccc2C1c1c(-c2ccccc2)n(C)c2ccccc12. The van der Waals surface area contributed by atoms with Gasteiger partial charge >= 0.3 is 0 Å². The van der Waals surface area contributed by atoms with Crippen LogP contribution >= 0.6 is 0 Å². The maximum Gasteiger partial charge on any atom is 0.257 e. The van der Waals surface area contributed by atoms with E-state index in [4.69, 9.17) is 0 Å². The summed E-state index contributed by atoms with van der Waals surface area (Å²) in [6.45, 7) is 3.89. The van der Waals surface area contributed by atoms with Crippen molar-refractivity contribution in [1.29, 1.82) is 0 Å². The van der Waals surface area contributed by atoms with Crippen LogP contribution in [-0.2, 0) is 21.9 Å². The minimum Gasteiger partial charge on any atom is -0.343 e. The van der Waals surface area contributed by atoms with Crippen molar-refractivity contribution in [3.05, 3.63) is 126 Å². The molecule has 4 aromatic carbocycles. The fourth-order valence-corrected chi connectivity index (χ4v) is 7.11. The Morgan fingerprint density at radius 2 is 1.53 bits per heavy atom. The predicted octanol–water partition coefficient (Wildman–Crippen LogP) is 5.95. The van der Waals surface area contributed by atoms with E-state index in [2.05, 4.69) is 14.8 Å². The second-order valence-corrected chi connectivity index (χ2v) is 13.3. The Kier molecular flexibility index (Phi) is 8.03. The van der Waals surface area contributed by atoms with Crippen LogP contribution < -0.4 is 10.3 Å². The first-order chi connectivity index (χ1) is 21.6. The molecule has 8 nitrogen and oxygen atoms in total. The summed E-state index contributed by atoms with van der Waals surface area (Å²) in [5, 5.41) is 0.944. The summed E-state index contributed by atoms with van der Waals surface area (Å²) < 4.78 is 41.5. The molecule has 2 atom stereocenters. The number of halogens is 1. The molecule has 230 valence electrons. The number of aryl methyl sites for hydroxylation is 1. The standard InChI is InChI=1S/C35H33FN4O4S/c1-22(2)21-30(34(41)37-38-45(43,44)25-19-17-24(36)18-20-25)40-33(26-13-7-8-14-27(26)35(40)42)31-28-15-9-10-16-29(28)39(3)32(31)23-11-5-4-6-12-23/h4-20,22,30,33,38H,21H2,1-3H3,(H,37,41). The first-order valence-corrected chi connectivity index (χ1v) is 16.2. The van der Waals surface area contributed by atoms with Gasteiger partial charge in [-0.15, -0.1) is 4.83 Å². The number of para-hydroxylation sites is 1. The highest BCUT2D eigenvalue weighted by atomic mass is 32.2. The van der Waals surface area contributed by atoms with E-state index >= 15 is 0 Å². The minimum absolute atomic E-state index is 0.0206. The van der Waals surface area contributed by atoms with Crippen molar-refractivity contribution in [3.63, 3.8) is 0 Å². The summed E-state index contributed by atoms with van der Waals surface area (Å²) in [5.41, 5.74) is 7.34. The van der Waals surface area contributed by atoms with Gasteiger partial charge in [-0.3, -0.25) is 15.0 Å². The Morgan fingerprint density at radius 3 is 2.24 bits per heavy atom. The molecule has 0 radical (unpaired) electrons. The van der Waals surface area contributed by atoms with Gasteiger partial charge < -0.3 is 9.47 Å². The van der Waals surface area contributed by atoms with Crippen molar-refractivity contribution in [2.75, 3.05) is 0 Å². The van der Waals surface area contributed by atoms with Crippen LogP contribution in [0, 0.1) is 11.7 Å². The number of hydrogen-bond donors (Lipinski definition) is 2. The first kappa shape index (κ1) is 30.2. The van der Waals surface area contributed by atoms with Gasteiger partial charge in [0.2, 0.25) is 0 Å². The highest BCUT2D eigenvalue weighted by Gasteiger charge is 2.46. The van der Waals surface area contributed by atoms with Crippen LogP contribution in [-0.4, -0.2) is 35.7 Å². The summed E-state index contributed by atoms with van der Waals surface area (Å²) in [6.07, 6.45) is 0.270. The lowest BCUT2D eigenvalue weighted by Gasteiger charge is -2.34. The third kappa shape index (κ3) is 5.51. The molecule has 1 aliphatic rings. The molecule has 2 heterocycles. The monoisotopic (exact) mass is 624 g/mol. The van der Waals surface area contributed by atoms with E-state index in [1.807, 2.05) is 87.6 Å². The second kappa shape index (κ2) is 11.9. The number of nitrogens with zero attached hydrogens (tertiary/aromatic N) is 2. The molecule has 0 fully saturated rings. The topological polar surface area (TPSA) is 101 Å². The van der Waals surface area contributed by atoms with Gasteiger partial charge in [-0.1, -0.05) is 80.6 Å². The number of hydrogen-bond acceptors (Lipinski definition) is 4. The van der Waals surface area contributed by atoms with Crippen molar-refractivity contribution in [1.82, 2.24) is 19.7 Å². The number of nitrogens with one attached hydrogen (secondary N) is 2. The number of sulfonamides is 1. The highest BCUT2D eigenvalue weighted by molar-refractivity contribution is 7.89. The molecular weight excluding hydrogens is 591 g/mol. The minimum atomic E-state index is -4.21. The number of aromatic nitrogens is 1. The molecule has 0 saturated carbocycles. The molecule has 0 bridgehead atoms. The van der Waals surface area contributed by atoms with Crippen LogP contribution in [0.5, 0.6) is 0 Å². The summed E-state index contributed by atoms with van der Waals surface area (Å²) in [6, 6.07) is 27.8. The Morgan fingerprint density at radius 1 is 0.889 bits per heavy atom. The summed E-state index contributed by atoms with van der Waals surface area (Å²) >= 11 is 0. The Balaban J connectivity index is 1.48. The molecule has 10 heteroatoms. The largest absolute Gasteiger partial charge is 0.343 e. The van der Waals surface area contributed by atoms with E-state index in [1.54, 1.807) is 17.0 Å². The van der Waals surface area contributed by atoms with Crippen molar-refractivity contribution in [2.45, 2.75) is 37.2 Å². The number of carbonyl (C=O) groups is 2. The first-order valence-electron chi connectivity index (χ1n) is 14.7. The van der Waals surface area contributed by atoms with Gasteiger partial charge in [0.1, 0.15) is 11.9 Å². The number of carbonyl (C=O) groups excluding carboxylic acids is 2. The number of benzene rings is 4. The Bertz CT molecular complexity index is 2010. The zero-order valence-corrected chi connectivity index (χ0v) is 25.9. The van der Waals surface area contributed by atoms with Crippen molar-refractivity contribution < 1.29 is 22.4 Å². The lowest BCUT2D eigenvalue weighted by Crippen LogP contribution is -2.53. The van der Waals surface area contributed by atoms with E-state index in [-0.39, 0.29) is 23.1 Å². The third-order valence-corrected chi connectivity index (χ3v) is 9.49. The summed E-state index contributed by atoms with van der Waals surface area (Å²) in [5.74, 6) is -1.60. The van der Waals surface area contributed by atoms with Crippen LogP contribution in [0.1, 0.15) is 47.8 Å². The van der Waals surface area contributed by atoms with Gasteiger partial charge in [-0.25, -0.2) is 12.8 Å². The van der Waals surface area contributed by atoms with Gasteiger partial charge in [0, 0.05) is 29.1 Å². The molecule has 2 unspecified atom stereocenters. The van der Waals surface area contributed by atoms with Gasteiger partial charge in [0.15, 0.2) is 0 Å².